The first-order valence-electron chi connectivity index (χ1n) is 6.48. The van der Waals surface area contributed by atoms with Crippen molar-refractivity contribution in [2.75, 3.05) is 0 Å². The molecule has 0 aliphatic rings. The fourth-order valence-corrected chi connectivity index (χ4v) is 3.67. The summed E-state index contributed by atoms with van der Waals surface area (Å²) in [7, 11) is 0. The molecule has 0 amide bonds. The predicted molar refractivity (Wildman–Crippen MR) is 94.7 cm³/mol. The van der Waals surface area contributed by atoms with Crippen LogP contribution in [0.25, 0.3) is 0 Å². The van der Waals surface area contributed by atoms with Crippen molar-refractivity contribution in [3.63, 3.8) is 0 Å². The van der Waals surface area contributed by atoms with Crippen molar-refractivity contribution in [3.8, 4) is 0 Å². The molecule has 1 unspecified atom stereocenters. The molecule has 20 heavy (non-hydrogen) atoms. The Morgan fingerprint density at radius 1 is 0.850 bits per heavy atom. The van der Waals surface area contributed by atoms with Crippen molar-refractivity contribution >= 4 is 43.5 Å². The molecule has 0 saturated heterocycles. The molecule has 0 fully saturated rings. The second kappa shape index (κ2) is 6.21. The zero-order valence-electron chi connectivity index (χ0n) is 11.8. The maximum atomic E-state index is 6.60. The third-order valence-electron chi connectivity index (χ3n) is 3.25. The van der Waals surface area contributed by atoms with Gasteiger partial charge in [0.25, 0.3) is 0 Å². The highest BCUT2D eigenvalue weighted by Crippen LogP contribution is 2.33. The van der Waals surface area contributed by atoms with Crippen LogP contribution >= 0.6 is 43.5 Å². The van der Waals surface area contributed by atoms with Gasteiger partial charge < -0.3 is 0 Å². The molecule has 2 aromatic rings. The molecule has 1 atom stereocenters. The van der Waals surface area contributed by atoms with Crippen molar-refractivity contribution in [3.05, 3.63) is 68.1 Å². The topological polar surface area (TPSA) is 0 Å². The summed E-state index contributed by atoms with van der Waals surface area (Å²) in [6.45, 7) is 6.64. The predicted octanol–water partition coefficient (Wildman–Crippen LogP) is 6.84. The Hall–Kier alpha value is -0.310. The summed E-state index contributed by atoms with van der Waals surface area (Å²) in [5, 5.41) is -0.141. The highest BCUT2D eigenvalue weighted by molar-refractivity contribution is 9.11. The Kier molecular flexibility index (Phi) is 4.99. The molecule has 0 heterocycles. The van der Waals surface area contributed by atoms with E-state index in [9.17, 15) is 0 Å². The van der Waals surface area contributed by atoms with Crippen LogP contribution in [0.5, 0.6) is 0 Å². The largest absolute Gasteiger partial charge is 0.113 e. The van der Waals surface area contributed by atoms with E-state index in [0.717, 1.165) is 20.1 Å². The monoisotopic (exact) mass is 414 g/mol. The minimum Gasteiger partial charge on any atom is -0.113 e. The molecule has 2 aromatic carbocycles. The summed E-state index contributed by atoms with van der Waals surface area (Å²) in [6, 6.07) is 14.7. The lowest BCUT2D eigenvalue weighted by Crippen LogP contribution is -2.10. The van der Waals surface area contributed by atoms with Crippen LogP contribution in [0.1, 0.15) is 42.8 Å². The number of halogens is 3. The molecule has 0 aliphatic heterocycles. The second-order valence-corrected chi connectivity index (χ2v) is 8.21. The van der Waals surface area contributed by atoms with Crippen LogP contribution in [0.2, 0.25) is 0 Å². The highest BCUT2D eigenvalue weighted by Gasteiger charge is 2.16. The van der Waals surface area contributed by atoms with Crippen LogP contribution in [-0.4, -0.2) is 0 Å². The zero-order valence-corrected chi connectivity index (χ0v) is 15.7. The van der Waals surface area contributed by atoms with Crippen molar-refractivity contribution in [2.45, 2.75) is 31.6 Å². The van der Waals surface area contributed by atoms with Crippen LogP contribution in [0.4, 0.5) is 0 Å². The van der Waals surface area contributed by atoms with Gasteiger partial charge in [-0.05, 0) is 40.3 Å². The van der Waals surface area contributed by atoms with Gasteiger partial charge in [-0.1, -0.05) is 76.9 Å². The maximum Gasteiger partial charge on any atom is 0.0836 e. The van der Waals surface area contributed by atoms with Crippen LogP contribution in [0.3, 0.4) is 0 Å². The number of benzene rings is 2. The number of rotatable bonds is 2. The SMILES string of the molecule is CC(C)(C)c1ccc(C(Cl)c2cc(Br)cc(Br)c2)cc1. The smallest absolute Gasteiger partial charge is 0.0836 e. The van der Waals surface area contributed by atoms with E-state index in [0.29, 0.717) is 0 Å². The highest BCUT2D eigenvalue weighted by atomic mass is 79.9. The van der Waals surface area contributed by atoms with Gasteiger partial charge >= 0.3 is 0 Å². The Bertz CT molecular complexity index is 577. The molecule has 0 N–H and O–H groups in total. The van der Waals surface area contributed by atoms with Crippen molar-refractivity contribution in [1.29, 1.82) is 0 Å². The van der Waals surface area contributed by atoms with E-state index in [1.165, 1.54) is 5.56 Å². The Morgan fingerprint density at radius 3 is 1.80 bits per heavy atom. The molecular weight excluding hydrogens is 399 g/mol. The average molecular weight is 417 g/mol. The molecule has 0 nitrogen and oxygen atoms in total. The third-order valence-corrected chi connectivity index (χ3v) is 4.67. The first-order valence-corrected chi connectivity index (χ1v) is 8.50. The van der Waals surface area contributed by atoms with Gasteiger partial charge in [-0.15, -0.1) is 11.6 Å². The Labute approximate surface area is 142 Å². The molecule has 0 spiro atoms. The van der Waals surface area contributed by atoms with Gasteiger partial charge in [-0.3, -0.25) is 0 Å². The van der Waals surface area contributed by atoms with Crippen molar-refractivity contribution < 1.29 is 0 Å². The summed E-state index contributed by atoms with van der Waals surface area (Å²) < 4.78 is 2.05. The van der Waals surface area contributed by atoms with Gasteiger partial charge in [-0.25, -0.2) is 0 Å². The van der Waals surface area contributed by atoms with Crippen LogP contribution in [-0.2, 0) is 5.41 Å². The summed E-state index contributed by atoms with van der Waals surface area (Å²) in [5.41, 5.74) is 3.68. The average Bonchev–Trinajstić information content (AvgIpc) is 2.36. The normalized spacial score (nSPS) is 13.3. The van der Waals surface area contributed by atoms with E-state index in [1.54, 1.807) is 0 Å². The standard InChI is InChI=1S/C17H17Br2Cl/c1-17(2,3)13-6-4-11(5-7-13)16(20)12-8-14(18)10-15(19)9-12/h4-10,16H,1-3H3. The summed E-state index contributed by atoms with van der Waals surface area (Å²) in [6.07, 6.45) is 0. The van der Waals surface area contributed by atoms with E-state index < -0.39 is 0 Å². The lowest BCUT2D eigenvalue weighted by atomic mass is 9.86. The summed E-state index contributed by atoms with van der Waals surface area (Å²) in [5.74, 6) is 0. The fraction of sp³-hybridized carbons (Fsp3) is 0.294. The lowest BCUT2D eigenvalue weighted by Gasteiger charge is -2.20. The minimum atomic E-state index is -0.141. The summed E-state index contributed by atoms with van der Waals surface area (Å²) >= 11 is 13.6. The first-order chi connectivity index (χ1) is 9.27. The molecule has 0 aliphatic carbocycles. The van der Waals surface area contributed by atoms with Crippen LogP contribution < -0.4 is 0 Å². The van der Waals surface area contributed by atoms with Crippen molar-refractivity contribution in [2.24, 2.45) is 0 Å². The summed E-state index contributed by atoms with van der Waals surface area (Å²) in [4.78, 5) is 0. The first kappa shape index (κ1) is 16.1. The molecule has 106 valence electrons. The molecule has 0 aromatic heterocycles. The van der Waals surface area contributed by atoms with Gasteiger partial charge in [-0.2, -0.15) is 0 Å². The lowest BCUT2D eigenvalue weighted by molar-refractivity contribution is 0.590. The molecule has 2 rings (SSSR count). The zero-order chi connectivity index (χ0) is 14.9. The van der Waals surface area contributed by atoms with E-state index in [-0.39, 0.29) is 10.8 Å². The van der Waals surface area contributed by atoms with E-state index in [2.05, 4.69) is 89.0 Å². The van der Waals surface area contributed by atoms with Gasteiger partial charge in [0.2, 0.25) is 0 Å². The van der Waals surface area contributed by atoms with Gasteiger partial charge in [0.05, 0.1) is 5.38 Å². The van der Waals surface area contributed by atoms with E-state index >= 15 is 0 Å². The van der Waals surface area contributed by atoms with Crippen LogP contribution in [0.15, 0.2) is 51.4 Å². The van der Waals surface area contributed by atoms with E-state index in [4.69, 9.17) is 11.6 Å². The quantitative estimate of drug-likeness (QED) is 0.470. The number of hydrogen-bond acceptors (Lipinski definition) is 0. The van der Waals surface area contributed by atoms with Crippen molar-refractivity contribution in [1.82, 2.24) is 0 Å². The molecule has 0 bridgehead atoms. The Morgan fingerprint density at radius 2 is 1.35 bits per heavy atom. The van der Waals surface area contributed by atoms with Crippen LogP contribution in [0, 0.1) is 0 Å². The molecule has 0 radical (unpaired) electrons. The Balaban J connectivity index is 2.31. The third kappa shape index (κ3) is 3.87. The maximum absolute atomic E-state index is 6.60. The second-order valence-electron chi connectivity index (χ2n) is 5.94. The van der Waals surface area contributed by atoms with Gasteiger partial charge in [0, 0.05) is 8.95 Å². The molecule has 3 heteroatoms. The minimum absolute atomic E-state index is 0.141. The molecule has 0 saturated carbocycles. The number of hydrogen-bond donors (Lipinski definition) is 0. The van der Waals surface area contributed by atoms with E-state index in [1.807, 2.05) is 6.07 Å². The number of alkyl halides is 1. The van der Waals surface area contributed by atoms with Gasteiger partial charge in [0.1, 0.15) is 0 Å². The fourth-order valence-electron chi connectivity index (χ4n) is 2.07. The van der Waals surface area contributed by atoms with Gasteiger partial charge in [0.15, 0.2) is 0 Å². The molecular formula is C17H17Br2Cl.